The maximum atomic E-state index is 11.6. The van der Waals surface area contributed by atoms with E-state index in [1.165, 1.54) is 0 Å². The van der Waals surface area contributed by atoms with Crippen LogP contribution in [0.5, 0.6) is 0 Å². The number of carbonyl (C=O) groups is 1. The number of hydrogen-bond acceptors (Lipinski definition) is 6. The van der Waals surface area contributed by atoms with Gasteiger partial charge < -0.3 is 19.6 Å². The fourth-order valence-corrected chi connectivity index (χ4v) is 3.05. The lowest BCUT2D eigenvalue weighted by Gasteiger charge is -2.23. The third-order valence-electron chi connectivity index (χ3n) is 4.46. The van der Waals surface area contributed by atoms with E-state index in [2.05, 4.69) is 15.3 Å². The highest BCUT2D eigenvalue weighted by atomic mass is 16.4. The summed E-state index contributed by atoms with van der Waals surface area (Å²) in [4.78, 5) is 20.8. The second-order valence-corrected chi connectivity index (χ2v) is 6.72. The average Bonchev–Trinajstić information content (AvgIpc) is 3.05. The molecule has 0 spiro atoms. The summed E-state index contributed by atoms with van der Waals surface area (Å²) in [5, 5.41) is 15.4. The number of fused-ring (bicyclic) bond motifs is 3. The van der Waals surface area contributed by atoms with Gasteiger partial charge in [0, 0.05) is 10.9 Å². The van der Waals surface area contributed by atoms with Crippen LogP contribution in [0.2, 0.25) is 0 Å². The molecule has 4 rings (SSSR count). The molecule has 0 saturated carbocycles. The highest BCUT2D eigenvalue weighted by molar-refractivity contribution is 6.06. The van der Waals surface area contributed by atoms with Crippen LogP contribution in [0, 0.1) is 5.92 Å². The van der Waals surface area contributed by atoms with Crippen LogP contribution in [0.3, 0.4) is 0 Å². The lowest BCUT2D eigenvalue weighted by Crippen LogP contribution is -2.44. The number of carboxylic acids is 1. The zero-order valence-electron chi connectivity index (χ0n) is 15.0. The topological polar surface area (TPSA) is 91.1 Å². The molecule has 0 unspecified atom stereocenters. The highest BCUT2D eigenvalue weighted by Gasteiger charge is 2.21. The predicted octanol–water partition coefficient (Wildman–Crippen LogP) is 3.23. The summed E-state index contributed by atoms with van der Waals surface area (Å²) in [6, 6.07) is 16.2. The Labute approximate surface area is 155 Å². The Bertz CT molecular complexity index is 1120. The third kappa shape index (κ3) is 3.10. The van der Waals surface area contributed by atoms with Gasteiger partial charge >= 0.3 is 0 Å². The molecule has 0 bridgehead atoms. The van der Waals surface area contributed by atoms with E-state index >= 15 is 0 Å². The van der Waals surface area contributed by atoms with E-state index in [1.807, 2.05) is 68.4 Å². The number of carbonyl (C=O) groups excluding carboxylic acids is 1. The second-order valence-electron chi connectivity index (χ2n) is 6.72. The monoisotopic (exact) mass is 360 g/mol. The molecule has 0 amide bonds. The van der Waals surface area contributed by atoms with Gasteiger partial charge in [-0.05, 0) is 18.1 Å². The van der Waals surface area contributed by atoms with Crippen molar-refractivity contribution in [3.63, 3.8) is 0 Å². The number of nitrogens with one attached hydrogen (secondary N) is 1. The summed E-state index contributed by atoms with van der Waals surface area (Å²) in [6.07, 6.45) is 0. The molecule has 27 heavy (non-hydrogen) atoms. The minimum absolute atomic E-state index is 0.190. The van der Waals surface area contributed by atoms with Crippen LogP contribution < -0.4 is 10.4 Å². The van der Waals surface area contributed by atoms with E-state index in [9.17, 15) is 9.90 Å². The fourth-order valence-electron chi connectivity index (χ4n) is 3.05. The van der Waals surface area contributed by atoms with E-state index < -0.39 is 12.0 Å². The quantitative estimate of drug-likeness (QED) is 0.587. The summed E-state index contributed by atoms with van der Waals surface area (Å²) < 4.78 is 5.93. The van der Waals surface area contributed by atoms with Gasteiger partial charge in [-0.3, -0.25) is 0 Å². The van der Waals surface area contributed by atoms with E-state index in [0.717, 1.165) is 10.9 Å². The van der Waals surface area contributed by atoms with E-state index in [1.54, 1.807) is 0 Å². The van der Waals surface area contributed by atoms with Gasteiger partial charge in [-0.25, -0.2) is 9.97 Å². The first kappa shape index (κ1) is 17.0. The minimum Gasteiger partial charge on any atom is -0.548 e. The van der Waals surface area contributed by atoms with Gasteiger partial charge in [0.25, 0.3) is 0 Å². The van der Waals surface area contributed by atoms with Crippen LogP contribution in [0.4, 0.5) is 5.82 Å². The number of nitrogens with zero attached hydrogens (tertiary/aromatic N) is 2. The molecule has 4 aromatic rings. The molecule has 136 valence electrons. The average molecular weight is 360 g/mol. The Balaban J connectivity index is 1.96. The van der Waals surface area contributed by atoms with Crippen molar-refractivity contribution in [3.8, 4) is 11.4 Å². The number of aliphatic carboxylic acids is 1. The third-order valence-corrected chi connectivity index (χ3v) is 4.46. The Morgan fingerprint density at radius 3 is 2.44 bits per heavy atom. The standard InChI is InChI=1S/C21H19N3O3/c1-12(2)16(21(25)26)22-20-18-17(14-10-6-7-11-15(14)27-18)23-19(24-20)13-8-4-3-5-9-13/h3-12,16H,1-2H3,(H,25,26)(H,22,23,24)/p-1/t16-/m0/s1. The molecular weight excluding hydrogens is 342 g/mol. The Kier molecular flexibility index (Phi) is 4.24. The van der Waals surface area contributed by atoms with Gasteiger partial charge in [0.2, 0.25) is 0 Å². The van der Waals surface area contributed by atoms with Crippen LogP contribution >= 0.6 is 0 Å². The summed E-state index contributed by atoms with van der Waals surface area (Å²) >= 11 is 0. The molecule has 0 aliphatic heterocycles. The van der Waals surface area contributed by atoms with Gasteiger partial charge in [0.1, 0.15) is 11.1 Å². The summed E-state index contributed by atoms with van der Waals surface area (Å²) in [7, 11) is 0. The van der Waals surface area contributed by atoms with Crippen LogP contribution in [0.1, 0.15) is 13.8 Å². The number of furan rings is 1. The smallest absolute Gasteiger partial charge is 0.196 e. The lowest BCUT2D eigenvalue weighted by molar-refractivity contribution is -0.307. The van der Waals surface area contributed by atoms with E-state index in [-0.39, 0.29) is 5.92 Å². The number of carboxylic acid groups (broad SMARTS) is 1. The molecule has 0 fully saturated rings. The molecule has 0 radical (unpaired) electrons. The molecule has 6 heteroatoms. The number of benzene rings is 2. The van der Waals surface area contributed by atoms with Crippen molar-refractivity contribution in [3.05, 3.63) is 54.6 Å². The first-order valence-corrected chi connectivity index (χ1v) is 8.76. The van der Waals surface area contributed by atoms with Crippen LogP contribution in [0.25, 0.3) is 33.5 Å². The van der Waals surface area contributed by atoms with Crippen molar-refractivity contribution in [1.82, 2.24) is 9.97 Å². The second kappa shape index (κ2) is 6.72. The summed E-state index contributed by atoms with van der Waals surface area (Å²) in [5.74, 6) is -0.533. The number of aromatic nitrogens is 2. The van der Waals surface area contributed by atoms with E-state index in [0.29, 0.717) is 28.3 Å². The maximum Gasteiger partial charge on any atom is 0.196 e. The Hall–Kier alpha value is -3.41. The SMILES string of the molecule is CC(C)[C@H](Nc1nc(-c2ccccc2)nc2c1oc1ccccc12)C(=O)[O-]. The first-order chi connectivity index (χ1) is 13.0. The van der Waals surface area contributed by atoms with Crippen LogP contribution in [-0.4, -0.2) is 22.0 Å². The summed E-state index contributed by atoms with van der Waals surface area (Å²) in [6.45, 7) is 3.62. The zero-order valence-corrected chi connectivity index (χ0v) is 15.0. The number of anilines is 1. The zero-order chi connectivity index (χ0) is 19.0. The van der Waals surface area contributed by atoms with Crippen molar-refractivity contribution < 1.29 is 14.3 Å². The number of rotatable bonds is 5. The van der Waals surface area contributed by atoms with Crippen LogP contribution in [0.15, 0.2) is 59.0 Å². The molecule has 0 saturated heterocycles. The van der Waals surface area contributed by atoms with Crippen molar-refractivity contribution in [2.75, 3.05) is 5.32 Å². The van der Waals surface area contributed by atoms with Crippen molar-refractivity contribution in [2.45, 2.75) is 19.9 Å². The van der Waals surface area contributed by atoms with Gasteiger partial charge in [0.15, 0.2) is 17.2 Å². The molecule has 2 aromatic heterocycles. The summed E-state index contributed by atoms with van der Waals surface area (Å²) in [5.41, 5.74) is 2.58. The maximum absolute atomic E-state index is 11.6. The molecule has 1 N–H and O–H groups in total. The van der Waals surface area contributed by atoms with Gasteiger partial charge in [-0.2, -0.15) is 0 Å². The molecule has 0 aliphatic rings. The Morgan fingerprint density at radius 1 is 1.04 bits per heavy atom. The van der Waals surface area contributed by atoms with Crippen LogP contribution in [-0.2, 0) is 4.79 Å². The first-order valence-electron chi connectivity index (χ1n) is 8.76. The van der Waals surface area contributed by atoms with Crippen molar-refractivity contribution in [2.24, 2.45) is 5.92 Å². The lowest BCUT2D eigenvalue weighted by atomic mass is 10.0. The number of para-hydroxylation sites is 1. The van der Waals surface area contributed by atoms with Gasteiger partial charge in [-0.1, -0.05) is 56.3 Å². The van der Waals surface area contributed by atoms with Gasteiger partial charge in [0.05, 0.1) is 12.0 Å². The molecule has 1 atom stereocenters. The number of hydrogen-bond donors (Lipinski definition) is 1. The molecule has 2 heterocycles. The highest BCUT2D eigenvalue weighted by Crippen LogP contribution is 2.33. The molecular formula is C21H18N3O3-. The molecule has 0 aliphatic carbocycles. The fraction of sp³-hybridized carbons (Fsp3) is 0.190. The Morgan fingerprint density at radius 2 is 1.74 bits per heavy atom. The molecule has 2 aromatic carbocycles. The minimum atomic E-state index is -1.19. The predicted molar refractivity (Wildman–Crippen MR) is 102 cm³/mol. The van der Waals surface area contributed by atoms with E-state index in [4.69, 9.17) is 4.42 Å². The normalized spacial score (nSPS) is 12.6. The van der Waals surface area contributed by atoms with Gasteiger partial charge in [-0.15, -0.1) is 0 Å². The largest absolute Gasteiger partial charge is 0.548 e. The van der Waals surface area contributed by atoms with Crippen molar-refractivity contribution in [1.29, 1.82) is 0 Å². The van der Waals surface area contributed by atoms with Crippen molar-refractivity contribution >= 4 is 33.9 Å². The molecule has 6 nitrogen and oxygen atoms in total.